The molecule has 24 heavy (non-hydrogen) atoms. The zero-order valence-electron chi connectivity index (χ0n) is 14.6. The van der Waals surface area contributed by atoms with Crippen LogP contribution >= 0.6 is 11.6 Å². The summed E-state index contributed by atoms with van der Waals surface area (Å²) in [7, 11) is 5.33. The molecule has 1 rings (SSSR count). The second-order valence-corrected chi connectivity index (χ2v) is 5.63. The van der Waals surface area contributed by atoms with Crippen LogP contribution in [0, 0.1) is 0 Å². The number of hydrogen-bond acceptors (Lipinski definition) is 5. The number of ether oxygens (including phenoxy) is 3. The van der Waals surface area contributed by atoms with Crippen molar-refractivity contribution in [1.29, 1.82) is 0 Å². The zero-order valence-corrected chi connectivity index (χ0v) is 15.3. The van der Waals surface area contributed by atoms with Gasteiger partial charge in [0, 0.05) is 10.6 Å². The maximum atomic E-state index is 10.8. The van der Waals surface area contributed by atoms with Gasteiger partial charge in [-0.3, -0.25) is 0 Å². The Morgan fingerprint density at radius 2 is 1.79 bits per heavy atom. The molecule has 0 aliphatic heterocycles. The molecule has 0 unspecified atom stereocenters. The van der Waals surface area contributed by atoms with E-state index in [2.05, 4.69) is 11.3 Å². The predicted octanol–water partition coefficient (Wildman–Crippen LogP) is 1.14. The Kier molecular flexibility index (Phi) is 11.3. The van der Waals surface area contributed by atoms with Gasteiger partial charge in [0.15, 0.2) is 6.61 Å². The highest BCUT2D eigenvalue weighted by molar-refractivity contribution is 6.30. The Labute approximate surface area is 147 Å². The molecule has 0 spiro atoms. The fraction of sp³-hybridized carbons (Fsp3) is 0.412. The van der Waals surface area contributed by atoms with E-state index in [9.17, 15) is 9.59 Å². The molecule has 1 aromatic rings. The van der Waals surface area contributed by atoms with Gasteiger partial charge in [-0.15, -0.1) is 0 Å². The molecule has 0 saturated heterocycles. The standard InChI is InChI=1S/C9H9ClO3.C8H15NO2/c1-12-9(11)6-13-8-4-2-7(10)3-5-8;1-7(2)8(10)11-6-5-9(3)4/h2-5H,6H2,1H3;1,5-6H2,2-4H3/p+1. The van der Waals surface area contributed by atoms with Crippen molar-refractivity contribution in [3.63, 3.8) is 0 Å². The number of esters is 2. The summed E-state index contributed by atoms with van der Waals surface area (Å²) in [4.78, 5) is 22.7. The van der Waals surface area contributed by atoms with E-state index in [4.69, 9.17) is 21.1 Å². The molecular weight excluding hydrogens is 334 g/mol. The SMILES string of the molecule is C=C(C)C(=O)OCC[NH+](C)C.COC(=O)COc1ccc(Cl)cc1. The van der Waals surface area contributed by atoms with Crippen LogP contribution in [-0.2, 0) is 19.1 Å². The number of carbonyl (C=O) groups is 2. The monoisotopic (exact) mass is 358 g/mol. The van der Waals surface area contributed by atoms with E-state index in [1.807, 2.05) is 14.1 Å². The lowest BCUT2D eigenvalue weighted by Crippen LogP contribution is -3.06. The number of methoxy groups -OCH3 is 1. The molecule has 0 amide bonds. The third-order valence-electron chi connectivity index (χ3n) is 2.58. The third-order valence-corrected chi connectivity index (χ3v) is 2.83. The minimum atomic E-state index is -0.407. The van der Waals surface area contributed by atoms with Gasteiger partial charge in [0.25, 0.3) is 0 Å². The molecule has 0 fully saturated rings. The Balaban J connectivity index is 0.000000449. The largest absolute Gasteiger partial charge is 0.482 e. The van der Waals surface area contributed by atoms with Crippen LogP contribution in [0.5, 0.6) is 5.75 Å². The van der Waals surface area contributed by atoms with Gasteiger partial charge in [0.2, 0.25) is 0 Å². The van der Waals surface area contributed by atoms with Crippen molar-refractivity contribution in [2.75, 3.05) is 41.0 Å². The molecule has 0 aliphatic rings. The molecule has 0 radical (unpaired) electrons. The summed E-state index contributed by atoms with van der Waals surface area (Å²) in [5.74, 6) is -0.115. The van der Waals surface area contributed by atoms with Crippen molar-refractivity contribution in [2.45, 2.75) is 6.92 Å². The average molecular weight is 359 g/mol. The van der Waals surface area contributed by atoms with Crippen LogP contribution in [0.25, 0.3) is 0 Å². The molecule has 0 saturated carbocycles. The van der Waals surface area contributed by atoms with Crippen LogP contribution in [0.2, 0.25) is 5.02 Å². The number of halogens is 1. The minimum Gasteiger partial charge on any atom is -0.482 e. The van der Waals surface area contributed by atoms with Crippen LogP contribution in [0.15, 0.2) is 36.4 Å². The number of carbonyl (C=O) groups excluding carboxylic acids is 2. The van der Waals surface area contributed by atoms with Crippen LogP contribution in [0.3, 0.4) is 0 Å². The first kappa shape index (κ1) is 21.9. The molecule has 0 atom stereocenters. The van der Waals surface area contributed by atoms with Crippen molar-refractivity contribution in [3.8, 4) is 5.75 Å². The topological polar surface area (TPSA) is 66.3 Å². The molecule has 1 N–H and O–H groups in total. The Hall–Kier alpha value is -2.05. The third kappa shape index (κ3) is 11.5. The lowest BCUT2D eigenvalue weighted by Gasteiger charge is -2.07. The molecule has 0 aliphatic carbocycles. The van der Waals surface area contributed by atoms with Gasteiger partial charge in [0.05, 0.1) is 21.2 Å². The highest BCUT2D eigenvalue weighted by atomic mass is 35.5. The zero-order chi connectivity index (χ0) is 18.5. The minimum absolute atomic E-state index is 0.0852. The van der Waals surface area contributed by atoms with Crippen molar-refractivity contribution in [3.05, 3.63) is 41.4 Å². The molecule has 1 aromatic carbocycles. The molecule has 0 bridgehead atoms. The molecule has 0 aromatic heterocycles. The molecule has 134 valence electrons. The second-order valence-electron chi connectivity index (χ2n) is 5.19. The second kappa shape index (κ2) is 12.4. The van der Waals surface area contributed by atoms with E-state index in [1.54, 1.807) is 31.2 Å². The summed E-state index contributed by atoms with van der Waals surface area (Å²) < 4.78 is 14.3. The lowest BCUT2D eigenvalue weighted by molar-refractivity contribution is -0.858. The molecule has 0 heterocycles. The Morgan fingerprint density at radius 1 is 1.21 bits per heavy atom. The van der Waals surface area contributed by atoms with E-state index >= 15 is 0 Å². The van der Waals surface area contributed by atoms with Crippen molar-refractivity contribution in [1.82, 2.24) is 0 Å². The first-order chi connectivity index (χ1) is 11.3. The lowest BCUT2D eigenvalue weighted by atomic mass is 10.3. The summed E-state index contributed by atoms with van der Waals surface area (Å²) in [6.45, 7) is 6.33. The van der Waals surface area contributed by atoms with E-state index in [0.29, 0.717) is 23.0 Å². The van der Waals surface area contributed by atoms with Gasteiger partial charge in [-0.1, -0.05) is 18.2 Å². The van der Waals surface area contributed by atoms with E-state index in [-0.39, 0.29) is 12.6 Å². The molecular formula is C17H25ClNO5+. The van der Waals surface area contributed by atoms with Gasteiger partial charge in [0.1, 0.15) is 18.9 Å². The number of quaternary nitrogens is 1. The first-order valence-electron chi connectivity index (χ1n) is 7.33. The summed E-state index contributed by atoms with van der Waals surface area (Å²) in [6, 6.07) is 6.75. The van der Waals surface area contributed by atoms with E-state index in [1.165, 1.54) is 12.0 Å². The number of hydrogen-bond donors (Lipinski definition) is 1. The predicted molar refractivity (Wildman–Crippen MR) is 92.4 cm³/mol. The van der Waals surface area contributed by atoms with Crippen LogP contribution in [-0.4, -0.2) is 52.9 Å². The Bertz CT molecular complexity index is 528. The van der Waals surface area contributed by atoms with Crippen molar-refractivity contribution < 1.29 is 28.7 Å². The maximum absolute atomic E-state index is 10.8. The smallest absolute Gasteiger partial charge is 0.343 e. The normalized spacial score (nSPS) is 9.58. The summed E-state index contributed by atoms with van der Waals surface area (Å²) in [5.41, 5.74) is 0.457. The number of likely N-dealkylation sites (N-methyl/N-ethyl adjacent to an activating group) is 1. The van der Waals surface area contributed by atoms with E-state index in [0.717, 1.165) is 6.54 Å². The maximum Gasteiger partial charge on any atom is 0.343 e. The fourth-order valence-corrected chi connectivity index (χ4v) is 1.33. The van der Waals surface area contributed by atoms with Gasteiger partial charge in [-0.25, -0.2) is 9.59 Å². The quantitative estimate of drug-likeness (QED) is 0.585. The highest BCUT2D eigenvalue weighted by Gasteiger charge is 2.03. The van der Waals surface area contributed by atoms with Gasteiger partial charge < -0.3 is 19.1 Å². The number of rotatable bonds is 7. The van der Waals surface area contributed by atoms with E-state index < -0.39 is 5.97 Å². The Morgan fingerprint density at radius 3 is 2.25 bits per heavy atom. The van der Waals surface area contributed by atoms with Gasteiger partial charge >= 0.3 is 11.9 Å². The summed E-state index contributed by atoms with van der Waals surface area (Å²) >= 11 is 5.65. The average Bonchev–Trinajstić information content (AvgIpc) is 2.54. The van der Waals surface area contributed by atoms with Crippen molar-refractivity contribution >= 4 is 23.5 Å². The summed E-state index contributed by atoms with van der Waals surface area (Å²) in [6.07, 6.45) is 0. The molecule has 7 heteroatoms. The van der Waals surface area contributed by atoms with Crippen molar-refractivity contribution in [2.24, 2.45) is 0 Å². The number of nitrogens with one attached hydrogen (secondary N) is 1. The summed E-state index contributed by atoms with van der Waals surface area (Å²) in [5, 5.41) is 0.630. The van der Waals surface area contributed by atoms with Crippen LogP contribution in [0.1, 0.15) is 6.92 Å². The number of benzene rings is 1. The van der Waals surface area contributed by atoms with Gasteiger partial charge in [-0.2, -0.15) is 0 Å². The molecule has 6 nitrogen and oxygen atoms in total. The first-order valence-corrected chi connectivity index (χ1v) is 7.71. The highest BCUT2D eigenvalue weighted by Crippen LogP contribution is 2.15. The van der Waals surface area contributed by atoms with Crippen LogP contribution in [0.4, 0.5) is 0 Å². The van der Waals surface area contributed by atoms with Gasteiger partial charge in [-0.05, 0) is 31.2 Å². The fourth-order valence-electron chi connectivity index (χ4n) is 1.20. The van der Waals surface area contributed by atoms with Crippen LogP contribution < -0.4 is 9.64 Å².